The highest BCUT2D eigenvalue weighted by atomic mass is 19.4. The van der Waals surface area contributed by atoms with E-state index >= 15 is 0 Å². The molecule has 0 fully saturated rings. The molecule has 1 aliphatic heterocycles. The van der Waals surface area contributed by atoms with Crippen molar-refractivity contribution in [2.75, 3.05) is 19.6 Å². The molecule has 2 atom stereocenters. The molecule has 0 saturated heterocycles. The minimum Gasteiger partial charge on any atom is -0.382 e. The maximum Gasteiger partial charge on any atom is 0.415 e. The zero-order valence-electron chi connectivity index (χ0n) is 15.5. The molecule has 0 spiro atoms. The first-order chi connectivity index (χ1) is 13.3. The first-order valence-electron chi connectivity index (χ1n) is 9.17. The summed E-state index contributed by atoms with van der Waals surface area (Å²) in [5.74, 6) is -0.294. The Balaban J connectivity index is 1.81. The van der Waals surface area contributed by atoms with Gasteiger partial charge in [0.1, 0.15) is 0 Å². The van der Waals surface area contributed by atoms with Crippen LogP contribution in [0.1, 0.15) is 28.3 Å². The summed E-state index contributed by atoms with van der Waals surface area (Å²) >= 11 is 0. The van der Waals surface area contributed by atoms with Gasteiger partial charge in [-0.1, -0.05) is 48.5 Å². The van der Waals surface area contributed by atoms with Gasteiger partial charge in [-0.25, -0.2) is 0 Å². The molecule has 2 unspecified atom stereocenters. The summed E-state index contributed by atoms with van der Waals surface area (Å²) in [7, 11) is 0. The molecular weight excluding hydrogens is 369 g/mol. The number of carbonyl (C=O) groups is 1. The fourth-order valence-electron chi connectivity index (χ4n) is 3.60. The van der Waals surface area contributed by atoms with Gasteiger partial charge in [-0.05, 0) is 35.6 Å². The van der Waals surface area contributed by atoms with Crippen molar-refractivity contribution in [3.63, 3.8) is 0 Å². The van der Waals surface area contributed by atoms with Crippen molar-refractivity contribution in [3.8, 4) is 0 Å². The van der Waals surface area contributed by atoms with Gasteiger partial charge in [-0.15, -0.1) is 0 Å². The number of alkyl halides is 3. The van der Waals surface area contributed by atoms with Crippen LogP contribution in [0.2, 0.25) is 0 Å². The lowest BCUT2D eigenvalue weighted by Crippen LogP contribution is -2.47. The van der Waals surface area contributed by atoms with Crippen molar-refractivity contribution >= 4 is 5.91 Å². The van der Waals surface area contributed by atoms with E-state index < -0.39 is 18.8 Å². The second-order valence-electron chi connectivity index (χ2n) is 6.98. The van der Waals surface area contributed by atoms with Gasteiger partial charge < -0.3 is 15.3 Å². The molecule has 4 nitrogen and oxygen atoms in total. The van der Waals surface area contributed by atoms with Gasteiger partial charge in [-0.2, -0.15) is 13.2 Å². The molecule has 0 bridgehead atoms. The molecule has 1 heterocycles. The van der Waals surface area contributed by atoms with Crippen LogP contribution in [-0.2, 0) is 11.2 Å². The molecular formula is C21H23F3N2O2. The average Bonchev–Trinajstić information content (AvgIpc) is 2.66. The third-order valence-corrected chi connectivity index (χ3v) is 5.08. The Kier molecular flexibility index (Phi) is 6.05. The lowest BCUT2D eigenvalue weighted by Gasteiger charge is -2.38. The summed E-state index contributed by atoms with van der Waals surface area (Å²) in [6.45, 7) is 1.48. The molecule has 0 aliphatic carbocycles. The molecule has 1 aliphatic rings. The number of nitrogens with one attached hydrogen (secondary N) is 1. The van der Waals surface area contributed by atoms with E-state index in [4.69, 9.17) is 5.11 Å². The topological polar surface area (TPSA) is 52.6 Å². The fourth-order valence-corrected chi connectivity index (χ4v) is 3.60. The Labute approximate surface area is 162 Å². The molecule has 7 heteroatoms. The largest absolute Gasteiger partial charge is 0.415 e. The number of fused-ring (bicyclic) bond motifs is 1. The maximum atomic E-state index is 12.8. The van der Waals surface area contributed by atoms with Crippen LogP contribution in [-0.4, -0.2) is 47.8 Å². The van der Waals surface area contributed by atoms with Crippen LogP contribution in [0.3, 0.4) is 0 Å². The molecule has 150 valence electrons. The summed E-state index contributed by atoms with van der Waals surface area (Å²) in [6, 6.07) is 15.4. The van der Waals surface area contributed by atoms with E-state index in [1.807, 2.05) is 55.5 Å². The number of benzene rings is 2. The number of halogens is 3. The highest BCUT2D eigenvalue weighted by Gasteiger charge is 2.38. The first-order valence-corrected chi connectivity index (χ1v) is 9.17. The van der Waals surface area contributed by atoms with Crippen LogP contribution in [0.5, 0.6) is 0 Å². The zero-order valence-corrected chi connectivity index (χ0v) is 15.5. The van der Waals surface area contributed by atoms with Gasteiger partial charge in [0.15, 0.2) is 6.10 Å². The Morgan fingerprint density at radius 2 is 1.82 bits per heavy atom. The smallest absolute Gasteiger partial charge is 0.382 e. The number of aliphatic hydroxyl groups is 1. The summed E-state index contributed by atoms with van der Waals surface area (Å²) in [6.07, 6.45) is -6.51. The highest BCUT2D eigenvalue weighted by Crippen LogP contribution is 2.36. The second kappa shape index (κ2) is 8.32. The fraction of sp³-hybridized carbons (Fsp3) is 0.381. The molecule has 2 aromatic carbocycles. The quantitative estimate of drug-likeness (QED) is 0.823. The minimum absolute atomic E-state index is 0.266. The molecule has 28 heavy (non-hydrogen) atoms. The predicted octanol–water partition coefficient (Wildman–Crippen LogP) is 2.98. The Morgan fingerprint density at radius 3 is 2.50 bits per heavy atom. The van der Waals surface area contributed by atoms with Gasteiger partial charge >= 0.3 is 6.18 Å². The van der Waals surface area contributed by atoms with Crippen LogP contribution in [0, 0.1) is 6.92 Å². The average molecular weight is 392 g/mol. The Morgan fingerprint density at radius 1 is 1.18 bits per heavy atom. The molecule has 3 rings (SSSR count). The van der Waals surface area contributed by atoms with Gasteiger partial charge in [0.05, 0.1) is 12.6 Å². The molecule has 1 amide bonds. The Hall–Kier alpha value is -2.38. The van der Waals surface area contributed by atoms with E-state index in [0.717, 1.165) is 16.7 Å². The van der Waals surface area contributed by atoms with Crippen LogP contribution in [0.4, 0.5) is 13.2 Å². The van der Waals surface area contributed by atoms with Crippen molar-refractivity contribution in [3.05, 3.63) is 70.8 Å². The van der Waals surface area contributed by atoms with E-state index in [1.165, 1.54) is 5.56 Å². The van der Waals surface area contributed by atoms with E-state index in [1.54, 1.807) is 4.90 Å². The van der Waals surface area contributed by atoms with Crippen molar-refractivity contribution in [2.45, 2.75) is 31.7 Å². The van der Waals surface area contributed by atoms with Crippen LogP contribution < -0.4 is 5.32 Å². The molecule has 0 saturated carbocycles. The number of aliphatic hydroxyl groups excluding tert-OH is 1. The number of hydrogen-bond acceptors (Lipinski definition) is 3. The van der Waals surface area contributed by atoms with E-state index in [0.29, 0.717) is 13.0 Å². The summed E-state index contributed by atoms with van der Waals surface area (Å²) < 4.78 is 37.3. The summed E-state index contributed by atoms with van der Waals surface area (Å²) in [4.78, 5) is 14.5. The minimum atomic E-state index is -4.70. The maximum absolute atomic E-state index is 12.8. The zero-order chi connectivity index (χ0) is 20.3. The number of amides is 1. The number of rotatable bonds is 5. The Bertz CT molecular complexity index is 838. The van der Waals surface area contributed by atoms with Crippen molar-refractivity contribution in [2.24, 2.45) is 0 Å². The monoisotopic (exact) mass is 392 g/mol. The second-order valence-corrected chi connectivity index (χ2v) is 6.98. The number of hydrogen-bond donors (Lipinski definition) is 2. The predicted molar refractivity (Wildman–Crippen MR) is 99.8 cm³/mol. The van der Waals surface area contributed by atoms with Gasteiger partial charge in [-0.3, -0.25) is 4.79 Å². The number of nitrogens with zero attached hydrogens (tertiary/aromatic N) is 1. The first kappa shape index (κ1) is 20.4. The third-order valence-electron chi connectivity index (χ3n) is 5.08. The van der Waals surface area contributed by atoms with Crippen molar-refractivity contribution in [1.29, 1.82) is 0 Å². The van der Waals surface area contributed by atoms with Crippen molar-refractivity contribution < 1.29 is 23.1 Å². The number of carbonyl (C=O) groups excluding carboxylic acids is 1. The lowest BCUT2D eigenvalue weighted by atomic mass is 9.86. The highest BCUT2D eigenvalue weighted by molar-refractivity contribution is 5.80. The van der Waals surface area contributed by atoms with E-state index in [-0.39, 0.29) is 18.5 Å². The van der Waals surface area contributed by atoms with Gasteiger partial charge in [0, 0.05) is 13.1 Å². The summed E-state index contributed by atoms with van der Waals surface area (Å²) in [5, 5.41) is 11.5. The van der Waals surface area contributed by atoms with Crippen LogP contribution in [0.25, 0.3) is 0 Å². The van der Waals surface area contributed by atoms with Crippen molar-refractivity contribution in [1.82, 2.24) is 10.2 Å². The molecule has 0 aromatic heterocycles. The normalized spacial score (nSPS) is 17.9. The van der Waals surface area contributed by atoms with E-state index in [2.05, 4.69) is 5.32 Å². The van der Waals surface area contributed by atoms with Crippen LogP contribution in [0.15, 0.2) is 48.5 Å². The molecule has 2 aromatic rings. The third kappa shape index (κ3) is 4.36. The number of aryl methyl sites for hydroxylation is 1. The lowest BCUT2D eigenvalue weighted by molar-refractivity contribution is -0.201. The van der Waals surface area contributed by atoms with E-state index in [9.17, 15) is 18.0 Å². The molecule has 2 N–H and O–H groups in total. The SMILES string of the molecule is Cc1ccccc1C1c2ccccc2CCN1C(=O)CNCC(O)C(F)(F)F. The summed E-state index contributed by atoms with van der Waals surface area (Å²) in [5.41, 5.74) is 4.24. The molecule has 0 radical (unpaired) electrons. The van der Waals surface area contributed by atoms with Gasteiger partial charge in [0.2, 0.25) is 5.91 Å². The van der Waals surface area contributed by atoms with Crippen LogP contribution >= 0.6 is 0 Å². The standard InChI is InChI=1S/C21H23F3N2O2/c1-14-6-2-4-8-16(14)20-17-9-5-3-7-15(17)10-11-26(20)19(28)13-25-12-18(27)21(22,23)24/h2-9,18,20,25,27H,10-13H2,1H3. The van der Waals surface area contributed by atoms with Gasteiger partial charge in [0.25, 0.3) is 0 Å².